The minimum atomic E-state index is -0.273. The van der Waals surface area contributed by atoms with E-state index in [1.807, 2.05) is 49.9 Å². The van der Waals surface area contributed by atoms with E-state index in [9.17, 15) is 14.4 Å². The number of anilines is 1. The van der Waals surface area contributed by atoms with Gasteiger partial charge in [0, 0.05) is 37.5 Å². The molecule has 1 N–H and O–H groups in total. The minimum Gasteiger partial charge on any atom is -0.342 e. The number of amides is 3. The molecule has 0 radical (unpaired) electrons. The standard InChI is InChI=1S/C22H28N4O3S/c1-22(2,3)26-13-15(12-18(26)27)20(29)25-10-8-14(9-11-25)19(28)24-21-23-16-6-4-5-7-17(16)30-21/h4-7,14-15H,8-13H2,1-3H3,(H,23,24,28). The zero-order valence-corrected chi connectivity index (χ0v) is 18.5. The second-order valence-electron chi connectivity index (χ2n) is 9.15. The maximum absolute atomic E-state index is 12.9. The Bertz CT molecular complexity index is 939. The summed E-state index contributed by atoms with van der Waals surface area (Å²) in [5.74, 6) is -0.343. The minimum absolute atomic E-state index is 0.0314. The number of hydrogen-bond donors (Lipinski definition) is 1. The van der Waals surface area contributed by atoms with Crippen molar-refractivity contribution in [2.45, 2.75) is 45.6 Å². The number of aromatic nitrogens is 1. The summed E-state index contributed by atoms with van der Waals surface area (Å²) in [7, 11) is 0. The van der Waals surface area contributed by atoms with Crippen LogP contribution in [0.2, 0.25) is 0 Å². The van der Waals surface area contributed by atoms with Crippen molar-refractivity contribution < 1.29 is 14.4 Å². The quantitative estimate of drug-likeness (QED) is 0.814. The van der Waals surface area contributed by atoms with Gasteiger partial charge in [0.2, 0.25) is 17.7 Å². The van der Waals surface area contributed by atoms with Crippen molar-refractivity contribution in [1.82, 2.24) is 14.8 Å². The van der Waals surface area contributed by atoms with Crippen LogP contribution in [0.3, 0.4) is 0 Å². The Balaban J connectivity index is 1.30. The zero-order chi connectivity index (χ0) is 21.5. The lowest BCUT2D eigenvalue weighted by Crippen LogP contribution is -2.46. The first-order valence-corrected chi connectivity index (χ1v) is 11.3. The number of rotatable bonds is 3. The molecule has 30 heavy (non-hydrogen) atoms. The van der Waals surface area contributed by atoms with Crippen LogP contribution in [-0.2, 0) is 14.4 Å². The zero-order valence-electron chi connectivity index (χ0n) is 17.7. The van der Waals surface area contributed by atoms with Gasteiger partial charge in [0.1, 0.15) is 0 Å². The van der Waals surface area contributed by atoms with Gasteiger partial charge >= 0.3 is 0 Å². The van der Waals surface area contributed by atoms with E-state index in [0.717, 1.165) is 10.2 Å². The molecule has 2 saturated heterocycles. The third-order valence-electron chi connectivity index (χ3n) is 5.99. The van der Waals surface area contributed by atoms with Crippen LogP contribution in [0.4, 0.5) is 5.13 Å². The number of nitrogens with one attached hydrogen (secondary N) is 1. The van der Waals surface area contributed by atoms with Crippen LogP contribution in [0.1, 0.15) is 40.0 Å². The Labute approximate surface area is 180 Å². The van der Waals surface area contributed by atoms with Crippen molar-refractivity contribution in [1.29, 1.82) is 0 Å². The largest absolute Gasteiger partial charge is 0.342 e. The summed E-state index contributed by atoms with van der Waals surface area (Å²) in [6, 6.07) is 7.80. The van der Waals surface area contributed by atoms with Crippen LogP contribution in [-0.4, -0.2) is 57.7 Å². The fourth-order valence-electron chi connectivity index (χ4n) is 4.27. The molecule has 8 heteroatoms. The van der Waals surface area contributed by atoms with Gasteiger partial charge in [0.15, 0.2) is 5.13 Å². The maximum atomic E-state index is 12.9. The summed E-state index contributed by atoms with van der Waals surface area (Å²) in [5, 5.41) is 3.56. The highest BCUT2D eigenvalue weighted by Gasteiger charge is 2.41. The molecular weight excluding hydrogens is 400 g/mol. The number of fused-ring (bicyclic) bond motifs is 1. The van der Waals surface area contributed by atoms with Gasteiger partial charge in [-0.2, -0.15) is 0 Å². The van der Waals surface area contributed by atoms with E-state index in [1.165, 1.54) is 11.3 Å². The smallest absolute Gasteiger partial charge is 0.229 e. The molecule has 2 aliphatic rings. The van der Waals surface area contributed by atoms with Gasteiger partial charge in [-0.3, -0.25) is 14.4 Å². The third kappa shape index (κ3) is 4.19. The lowest BCUT2D eigenvalue weighted by Gasteiger charge is -2.34. The first-order chi connectivity index (χ1) is 14.2. The van der Waals surface area contributed by atoms with Crippen molar-refractivity contribution in [3.05, 3.63) is 24.3 Å². The number of thiazole rings is 1. The number of carbonyl (C=O) groups excluding carboxylic acids is 3. The van der Waals surface area contributed by atoms with Crippen molar-refractivity contribution in [3.8, 4) is 0 Å². The van der Waals surface area contributed by atoms with Gasteiger partial charge in [0.05, 0.1) is 16.1 Å². The van der Waals surface area contributed by atoms with Crippen molar-refractivity contribution >= 4 is 44.4 Å². The summed E-state index contributed by atoms with van der Waals surface area (Å²) in [4.78, 5) is 46.0. The van der Waals surface area contributed by atoms with Gasteiger partial charge in [-0.1, -0.05) is 23.5 Å². The first kappa shape index (κ1) is 20.8. The molecule has 4 rings (SSSR count). The molecule has 160 valence electrons. The molecule has 7 nitrogen and oxygen atoms in total. The van der Waals surface area contributed by atoms with Crippen LogP contribution in [0, 0.1) is 11.8 Å². The summed E-state index contributed by atoms with van der Waals surface area (Å²) in [5.41, 5.74) is 0.617. The van der Waals surface area contributed by atoms with Gasteiger partial charge in [0.25, 0.3) is 0 Å². The van der Waals surface area contributed by atoms with Crippen LogP contribution in [0.5, 0.6) is 0 Å². The van der Waals surface area contributed by atoms with Crippen LogP contribution in [0.25, 0.3) is 10.2 Å². The van der Waals surface area contributed by atoms with Crippen LogP contribution >= 0.6 is 11.3 Å². The van der Waals surface area contributed by atoms with Gasteiger partial charge in [-0.25, -0.2) is 4.98 Å². The topological polar surface area (TPSA) is 82.6 Å². The Morgan fingerprint density at radius 3 is 2.47 bits per heavy atom. The fraction of sp³-hybridized carbons (Fsp3) is 0.545. The first-order valence-electron chi connectivity index (χ1n) is 10.5. The molecule has 1 aromatic heterocycles. The number of benzene rings is 1. The SMILES string of the molecule is CC(C)(C)N1CC(C(=O)N2CCC(C(=O)Nc3nc4ccccc4s3)CC2)CC1=O. The molecule has 0 aliphatic carbocycles. The van der Waals surface area contributed by atoms with Gasteiger partial charge < -0.3 is 15.1 Å². The lowest BCUT2D eigenvalue weighted by atomic mass is 9.94. The monoisotopic (exact) mass is 428 g/mol. The molecular formula is C22H28N4O3S. The van der Waals surface area contributed by atoms with E-state index in [4.69, 9.17) is 0 Å². The summed E-state index contributed by atoms with van der Waals surface area (Å²) in [6.45, 7) is 7.57. The van der Waals surface area contributed by atoms with Crippen molar-refractivity contribution in [2.24, 2.45) is 11.8 Å². The van der Waals surface area contributed by atoms with Crippen molar-refractivity contribution in [3.63, 3.8) is 0 Å². The molecule has 1 atom stereocenters. The van der Waals surface area contributed by atoms with E-state index in [2.05, 4.69) is 10.3 Å². The summed E-state index contributed by atoms with van der Waals surface area (Å²) < 4.78 is 1.05. The third-order valence-corrected chi connectivity index (χ3v) is 6.94. The normalized spacial score (nSPS) is 20.8. The number of carbonyl (C=O) groups is 3. The molecule has 2 aromatic rings. The Morgan fingerprint density at radius 1 is 1.13 bits per heavy atom. The maximum Gasteiger partial charge on any atom is 0.229 e. The van der Waals surface area contributed by atoms with Crippen LogP contribution < -0.4 is 5.32 Å². The average Bonchev–Trinajstić information content (AvgIpc) is 3.30. The van der Waals surface area contributed by atoms with E-state index < -0.39 is 0 Å². The number of para-hydroxylation sites is 1. The van der Waals surface area contributed by atoms with E-state index in [-0.39, 0.29) is 41.5 Å². The number of likely N-dealkylation sites (tertiary alicyclic amines) is 2. The summed E-state index contributed by atoms with van der Waals surface area (Å²) in [6.07, 6.45) is 1.55. The Kier molecular flexibility index (Phi) is 5.53. The van der Waals surface area contributed by atoms with E-state index in [0.29, 0.717) is 37.6 Å². The fourth-order valence-corrected chi connectivity index (χ4v) is 5.14. The molecule has 1 unspecified atom stereocenters. The highest BCUT2D eigenvalue weighted by Crippen LogP contribution is 2.30. The highest BCUT2D eigenvalue weighted by atomic mass is 32.1. The van der Waals surface area contributed by atoms with Gasteiger partial charge in [-0.05, 0) is 45.7 Å². The average molecular weight is 429 g/mol. The van der Waals surface area contributed by atoms with E-state index in [1.54, 1.807) is 4.90 Å². The second kappa shape index (κ2) is 7.98. The predicted molar refractivity (Wildman–Crippen MR) is 117 cm³/mol. The van der Waals surface area contributed by atoms with E-state index >= 15 is 0 Å². The Morgan fingerprint density at radius 2 is 1.83 bits per heavy atom. The van der Waals surface area contributed by atoms with Crippen LogP contribution in [0.15, 0.2) is 24.3 Å². The predicted octanol–water partition coefficient (Wildman–Crippen LogP) is 3.12. The molecule has 0 saturated carbocycles. The molecule has 1 aromatic carbocycles. The molecule has 0 bridgehead atoms. The molecule has 2 fully saturated rings. The number of piperidine rings is 1. The van der Waals surface area contributed by atoms with Gasteiger partial charge in [-0.15, -0.1) is 0 Å². The highest BCUT2D eigenvalue weighted by molar-refractivity contribution is 7.22. The summed E-state index contributed by atoms with van der Waals surface area (Å²) >= 11 is 1.47. The molecule has 2 aliphatic heterocycles. The molecule has 3 amide bonds. The second-order valence-corrected chi connectivity index (χ2v) is 10.2. The number of hydrogen-bond acceptors (Lipinski definition) is 5. The molecule has 3 heterocycles. The van der Waals surface area contributed by atoms with Crippen molar-refractivity contribution in [2.75, 3.05) is 25.0 Å². The Hall–Kier alpha value is -2.48. The number of nitrogens with zero attached hydrogens (tertiary/aromatic N) is 3. The molecule has 0 spiro atoms. The lowest BCUT2D eigenvalue weighted by molar-refractivity contribution is -0.138.